The van der Waals surface area contributed by atoms with Crippen LogP contribution in [0.2, 0.25) is 10.0 Å². The Morgan fingerprint density at radius 3 is 2.90 bits per heavy atom. The molecule has 0 aliphatic carbocycles. The molecule has 0 radical (unpaired) electrons. The summed E-state index contributed by atoms with van der Waals surface area (Å²) >= 11 is 11.8. The van der Waals surface area contributed by atoms with Gasteiger partial charge in [-0.05, 0) is 18.2 Å². The fourth-order valence-electron chi connectivity index (χ4n) is 1.52. The van der Waals surface area contributed by atoms with Crippen molar-refractivity contribution in [1.82, 2.24) is 15.0 Å². The quantitative estimate of drug-likeness (QED) is 0.792. The van der Waals surface area contributed by atoms with Gasteiger partial charge in [0.1, 0.15) is 24.6 Å². The molecular formula is C12H8Cl2N4O2. The van der Waals surface area contributed by atoms with Gasteiger partial charge in [-0.1, -0.05) is 28.4 Å². The molecule has 0 amide bonds. The number of nitriles is 1. The highest BCUT2D eigenvalue weighted by Gasteiger charge is 2.13. The minimum absolute atomic E-state index is 0.0180. The van der Waals surface area contributed by atoms with E-state index < -0.39 is 0 Å². The second-order valence-corrected chi connectivity index (χ2v) is 4.56. The van der Waals surface area contributed by atoms with E-state index in [1.165, 1.54) is 4.68 Å². The SMILES string of the molecule is N#CCn1nnc(C=O)c1COc1ccc(Cl)cc1Cl. The Morgan fingerprint density at radius 2 is 2.25 bits per heavy atom. The fraction of sp³-hybridized carbons (Fsp3) is 0.167. The van der Waals surface area contributed by atoms with E-state index in [0.717, 1.165) is 0 Å². The zero-order valence-electron chi connectivity index (χ0n) is 10.1. The van der Waals surface area contributed by atoms with Gasteiger partial charge < -0.3 is 4.74 Å². The van der Waals surface area contributed by atoms with Crippen LogP contribution in [-0.4, -0.2) is 21.3 Å². The number of carbonyl (C=O) groups is 1. The van der Waals surface area contributed by atoms with Crippen LogP contribution in [0.1, 0.15) is 16.2 Å². The topological polar surface area (TPSA) is 80.8 Å². The number of aromatic nitrogens is 3. The summed E-state index contributed by atoms with van der Waals surface area (Å²) in [5.74, 6) is 0.414. The van der Waals surface area contributed by atoms with E-state index in [1.807, 2.05) is 6.07 Å². The molecule has 0 aliphatic heterocycles. The number of halogens is 2. The molecule has 0 spiro atoms. The molecule has 0 saturated carbocycles. The molecule has 6 nitrogen and oxygen atoms in total. The summed E-state index contributed by atoms with van der Waals surface area (Å²) in [4.78, 5) is 10.9. The van der Waals surface area contributed by atoms with Gasteiger partial charge in [-0.15, -0.1) is 5.10 Å². The number of rotatable bonds is 5. The molecule has 20 heavy (non-hydrogen) atoms. The Bertz CT molecular complexity index is 679. The zero-order valence-corrected chi connectivity index (χ0v) is 11.6. The Balaban J connectivity index is 2.20. The van der Waals surface area contributed by atoms with Crippen LogP contribution < -0.4 is 4.74 Å². The smallest absolute Gasteiger partial charge is 0.172 e. The Kier molecular flexibility index (Phi) is 4.56. The first-order chi connectivity index (χ1) is 9.65. The Morgan fingerprint density at radius 1 is 1.45 bits per heavy atom. The standard InChI is InChI=1S/C12H8Cl2N4O2/c13-8-1-2-12(9(14)5-8)20-7-11-10(6-19)16-17-18(11)4-3-15/h1-2,5-6H,4,7H2. The predicted octanol–water partition coefficient (Wildman–Crippen LogP) is 2.50. The Hall–Kier alpha value is -2.10. The highest BCUT2D eigenvalue weighted by atomic mass is 35.5. The summed E-state index contributed by atoms with van der Waals surface area (Å²) in [5.41, 5.74) is 0.540. The van der Waals surface area contributed by atoms with Gasteiger partial charge in [0.05, 0.1) is 11.1 Å². The molecule has 2 rings (SSSR count). The monoisotopic (exact) mass is 310 g/mol. The largest absolute Gasteiger partial charge is 0.486 e. The van der Waals surface area contributed by atoms with Crippen molar-refractivity contribution in [2.45, 2.75) is 13.2 Å². The Labute approximate surface area is 124 Å². The van der Waals surface area contributed by atoms with Gasteiger partial charge in [-0.2, -0.15) is 5.26 Å². The molecule has 102 valence electrons. The summed E-state index contributed by atoms with van der Waals surface area (Å²) in [6, 6.07) is 6.72. The minimum Gasteiger partial charge on any atom is -0.486 e. The van der Waals surface area contributed by atoms with Gasteiger partial charge in [0.2, 0.25) is 0 Å². The lowest BCUT2D eigenvalue weighted by atomic mass is 10.3. The van der Waals surface area contributed by atoms with Crippen molar-refractivity contribution in [3.63, 3.8) is 0 Å². The molecule has 1 aromatic heterocycles. The highest BCUT2D eigenvalue weighted by Crippen LogP contribution is 2.28. The second kappa shape index (κ2) is 6.37. The van der Waals surface area contributed by atoms with Crippen LogP contribution in [0.5, 0.6) is 5.75 Å². The minimum atomic E-state index is -0.0200. The maximum absolute atomic E-state index is 10.9. The van der Waals surface area contributed by atoms with Crippen LogP contribution in [-0.2, 0) is 13.2 Å². The summed E-state index contributed by atoms with van der Waals surface area (Å²) < 4.78 is 6.81. The normalized spacial score (nSPS) is 10.1. The third-order valence-electron chi connectivity index (χ3n) is 2.46. The van der Waals surface area contributed by atoms with E-state index in [2.05, 4.69) is 10.3 Å². The number of carbonyl (C=O) groups excluding carboxylic acids is 1. The number of benzene rings is 1. The molecule has 0 atom stereocenters. The third kappa shape index (κ3) is 3.07. The molecule has 0 bridgehead atoms. The average molecular weight is 311 g/mol. The van der Waals surface area contributed by atoms with Crippen molar-refractivity contribution in [3.8, 4) is 11.8 Å². The number of aldehydes is 1. The van der Waals surface area contributed by atoms with Crippen molar-refractivity contribution >= 4 is 29.5 Å². The van der Waals surface area contributed by atoms with E-state index in [1.54, 1.807) is 18.2 Å². The van der Waals surface area contributed by atoms with Gasteiger partial charge in [0, 0.05) is 5.02 Å². The van der Waals surface area contributed by atoms with Crippen molar-refractivity contribution in [1.29, 1.82) is 5.26 Å². The lowest BCUT2D eigenvalue weighted by molar-refractivity contribution is 0.111. The average Bonchev–Trinajstić information content (AvgIpc) is 2.80. The zero-order chi connectivity index (χ0) is 14.5. The molecule has 0 saturated heterocycles. The van der Waals surface area contributed by atoms with E-state index in [-0.39, 0.29) is 18.8 Å². The van der Waals surface area contributed by atoms with Crippen molar-refractivity contribution in [2.75, 3.05) is 0 Å². The molecule has 0 unspecified atom stereocenters. The summed E-state index contributed by atoms with van der Waals surface area (Å²) in [5, 5.41) is 16.9. The van der Waals surface area contributed by atoms with E-state index >= 15 is 0 Å². The van der Waals surface area contributed by atoms with Crippen molar-refractivity contribution in [3.05, 3.63) is 39.6 Å². The van der Waals surface area contributed by atoms with Gasteiger partial charge >= 0.3 is 0 Å². The lowest BCUT2D eigenvalue weighted by Crippen LogP contribution is -2.08. The maximum atomic E-state index is 10.9. The van der Waals surface area contributed by atoms with Gasteiger partial charge in [0.15, 0.2) is 12.0 Å². The first kappa shape index (κ1) is 14.3. The summed E-state index contributed by atoms with van der Waals surface area (Å²) in [7, 11) is 0. The number of ether oxygens (including phenoxy) is 1. The van der Waals surface area contributed by atoms with E-state index in [9.17, 15) is 4.79 Å². The third-order valence-corrected chi connectivity index (χ3v) is 2.99. The fourth-order valence-corrected chi connectivity index (χ4v) is 1.98. The predicted molar refractivity (Wildman–Crippen MR) is 71.8 cm³/mol. The van der Waals surface area contributed by atoms with Gasteiger partial charge in [-0.3, -0.25) is 4.79 Å². The first-order valence-corrected chi connectivity index (χ1v) is 6.23. The van der Waals surface area contributed by atoms with Crippen LogP contribution in [0.4, 0.5) is 0 Å². The van der Waals surface area contributed by atoms with Gasteiger partial charge in [0.25, 0.3) is 0 Å². The lowest BCUT2D eigenvalue weighted by Gasteiger charge is -2.08. The van der Waals surface area contributed by atoms with E-state index in [0.29, 0.717) is 27.8 Å². The van der Waals surface area contributed by atoms with Crippen molar-refractivity contribution in [2.24, 2.45) is 0 Å². The molecule has 0 N–H and O–H groups in total. The van der Waals surface area contributed by atoms with Gasteiger partial charge in [-0.25, -0.2) is 4.68 Å². The van der Waals surface area contributed by atoms with Crippen LogP contribution in [0, 0.1) is 11.3 Å². The van der Waals surface area contributed by atoms with Crippen LogP contribution in [0.15, 0.2) is 18.2 Å². The van der Waals surface area contributed by atoms with Crippen LogP contribution in [0.25, 0.3) is 0 Å². The number of nitrogens with zero attached hydrogens (tertiary/aromatic N) is 4. The maximum Gasteiger partial charge on any atom is 0.172 e. The molecular weight excluding hydrogens is 303 g/mol. The molecule has 8 heteroatoms. The molecule has 2 aromatic rings. The van der Waals surface area contributed by atoms with Crippen molar-refractivity contribution < 1.29 is 9.53 Å². The van der Waals surface area contributed by atoms with E-state index in [4.69, 9.17) is 33.2 Å². The molecule has 0 fully saturated rings. The van der Waals surface area contributed by atoms with Crippen LogP contribution >= 0.6 is 23.2 Å². The highest BCUT2D eigenvalue weighted by molar-refractivity contribution is 6.35. The molecule has 0 aliphatic rings. The first-order valence-electron chi connectivity index (χ1n) is 5.48. The second-order valence-electron chi connectivity index (χ2n) is 3.72. The molecule has 1 aromatic carbocycles. The van der Waals surface area contributed by atoms with Crippen LogP contribution in [0.3, 0.4) is 0 Å². The number of hydrogen-bond donors (Lipinski definition) is 0. The summed E-state index contributed by atoms with van der Waals surface area (Å²) in [6.45, 7) is -0.00200. The summed E-state index contributed by atoms with van der Waals surface area (Å²) in [6.07, 6.45) is 0.559. The number of hydrogen-bond acceptors (Lipinski definition) is 5. The molecule has 1 heterocycles.